The Labute approximate surface area is 314 Å². The number of benzene rings is 2. The number of hydrogen-bond acceptors (Lipinski definition) is 8. The van der Waals surface area contributed by atoms with E-state index in [0.29, 0.717) is 36.0 Å². The zero-order valence-corrected chi connectivity index (χ0v) is 31.2. The van der Waals surface area contributed by atoms with Gasteiger partial charge in [-0.25, -0.2) is 17.6 Å². The Morgan fingerprint density at radius 3 is 2.57 bits per heavy atom. The van der Waals surface area contributed by atoms with Gasteiger partial charge < -0.3 is 15.4 Å². The summed E-state index contributed by atoms with van der Waals surface area (Å²) in [5, 5.41) is 0. The molecule has 0 bridgehead atoms. The van der Waals surface area contributed by atoms with Crippen molar-refractivity contribution >= 4 is 39.6 Å². The minimum atomic E-state index is -3.97. The predicted octanol–water partition coefficient (Wildman–Crippen LogP) is 4.69. The Morgan fingerprint density at radius 1 is 1.06 bits per heavy atom. The van der Waals surface area contributed by atoms with Crippen LogP contribution in [0.15, 0.2) is 54.6 Å². The molecule has 2 saturated carbocycles. The van der Waals surface area contributed by atoms with Crippen molar-refractivity contribution in [2.75, 3.05) is 6.54 Å². The summed E-state index contributed by atoms with van der Waals surface area (Å²) in [5.41, 5.74) is 6.38. The first-order valence-corrected chi connectivity index (χ1v) is 20.4. The van der Waals surface area contributed by atoms with Gasteiger partial charge in [-0.1, -0.05) is 49.3 Å². The van der Waals surface area contributed by atoms with Gasteiger partial charge in [-0.15, -0.1) is 0 Å². The van der Waals surface area contributed by atoms with Gasteiger partial charge in [0.05, 0.1) is 29.3 Å². The van der Waals surface area contributed by atoms with E-state index < -0.39 is 67.8 Å². The smallest absolute Gasteiger partial charge is 0.410 e. The normalized spacial score (nSPS) is 28.5. The van der Waals surface area contributed by atoms with E-state index in [-0.39, 0.29) is 57.1 Å². The van der Waals surface area contributed by atoms with Crippen molar-refractivity contribution in [1.29, 1.82) is 0 Å². The fraction of sp³-hybridized carbons (Fsp3) is 0.525. The van der Waals surface area contributed by atoms with Gasteiger partial charge in [-0.3, -0.25) is 28.8 Å². The van der Waals surface area contributed by atoms with Crippen molar-refractivity contribution in [3.05, 3.63) is 82.7 Å². The molecule has 14 heteroatoms. The molecular weight excluding hydrogens is 716 g/mol. The Kier molecular flexibility index (Phi) is 10.2. The number of nitrogens with zero attached hydrogens (tertiary/aromatic N) is 2. The van der Waals surface area contributed by atoms with Crippen molar-refractivity contribution in [2.24, 2.45) is 23.0 Å². The van der Waals surface area contributed by atoms with Gasteiger partial charge in [0, 0.05) is 36.4 Å². The molecule has 288 valence electrons. The lowest BCUT2D eigenvalue weighted by Gasteiger charge is -2.29. The van der Waals surface area contributed by atoms with Crippen LogP contribution in [-0.2, 0) is 48.7 Å². The number of rotatable bonds is 7. The van der Waals surface area contributed by atoms with Gasteiger partial charge in [0.15, 0.2) is 5.78 Å². The summed E-state index contributed by atoms with van der Waals surface area (Å²) in [6, 6.07) is 10.4. The van der Waals surface area contributed by atoms with Gasteiger partial charge in [0.1, 0.15) is 11.9 Å². The summed E-state index contributed by atoms with van der Waals surface area (Å²) in [4.78, 5) is 71.2. The molecule has 2 aromatic rings. The van der Waals surface area contributed by atoms with Gasteiger partial charge in [-0.05, 0) is 87.1 Å². The van der Waals surface area contributed by atoms with Crippen molar-refractivity contribution < 1.29 is 41.5 Å². The first-order chi connectivity index (χ1) is 25.7. The Hall–Kier alpha value is -4.59. The maximum atomic E-state index is 14.6. The number of primary amides is 1. The van der Waals surface area contributed by atoms with Gasteiger partial charge in [-0.2, -0.15) is 0 Å². The predicted molar refractivity (Wildman–Crippen MR) is 195 cm³/mol. The molecule has 4 amide bonds. The van der Waals surface area contributed by atoms with Crippen molar-refractivity contribution in [2.45, 2.75) is 108 Å². The topological polar surface area (TPSA) is 173 Å². The Balaban J connectivity index is 1.16. The molecule has 3 fully saturated rings. The molecule has 2 aromatic carbocycles. The molecule has 0 unspecified atom stereocenters. The van der Waals surface area contributed by atoms with Crippen LogP contribution in [-0.4, -0.2) is 71.3 Å². The van der Waals surface area contributed by atoms with Crippen LogP contribution in [0.2, 0.25) is 0 Å². The van der Waals surface area contributed by atoms with E-state index in [1.165, 1.54) is 15.9 Å². The lowest BCUT2D eigenvalue weighted by molar-refractivity contribution is -0.142. The maximum absolute atomic E-state index is 14.6. The summed E-state index contributed by atoms with van der Waals surface area (Å²) >= 11 is 0. The summed E-state index contributed by atoms with van der Waals surface area (Å²) in [6.07, 6.45) is 7.11. The minimum Gasteiger partial charge on any atom is -0.444 e. The molecule has 2 aliphatic carbocycles. The molecule has 3 aliphatic heterocycles. The molecule has 3 N–H and O–H groups in total. The summed E-state index contributed by atoms with van der Waals surface area (Å²) in [6.45, 7) is 1.71. The number of sulfonamides is 1. The van der Waals surface area contributed by atoms with Crippen LogP contribution >= 0.6 is 0 Å². The molecule has 0 aromatic heterocycles. The number of ketones is 1. The average Bonchev–Trinajstić information content (AvgIpc) is 3.92. The van der Waals surface area contributed by atoms with Crippen molar-refractivity contribution in [1.82, 2.24) is 14.5 Å². The van der Waals surface area contributed by atoms with E-state index in [9.17, 15) is 36.8 Å². The van der Waals surface area contributed by atoms with Crippen LogP contribution in [0, 0.1) is 23.1 Å². The summed E-state index contributed by atoms with van der Waals surface area (Å²) < 4.78 is 47.9. The monoisotopic (exact) mass is 762 g/mol. The second-order valence-electron chi connectivity index (χ2n) is 16.0. The highest BCUT2D eigenvalue weighted by atomic mass is 32.2. The van der Waals surface area contributed by atoms with Crippen molar-refractivity contribution in [3.63, 3.8) is 0 Å². The molecule has 1 saturated heterocycles. The lowest BCUT2D eigenvalue weighted by atomic mass is 9.89. The molecule has 3 heterocycles. The largest absolute Gasteiger partial charge is 0.444 e. The highest BCUT2D eigenvalue weighted by molar-refractivity contribution is 7.91. The van der Waals surface area contributed by atoms with Crippen LogP contribution < -0.4 is 10.5 Å². The zero-order chi connectivity index (χ0) is 38.4. The second-order valence-corrected chi connectivity index (χ2v) is 18.2. The van der Waals surface area contributed by atoms with Crippen LogP contribution in [0.4, 0.5) is 9.18 Å². The lowest BCUT2D eigenvalue weighted by Crippen LogP contribution is -2.47. The number of carbonyl (C=O) groups excluding carboxylic acids is 5. The summed E-state index contributed by atoms with van der Waals surface area (Å²) in [7, 11) is -3.97. The molecule has 5 atom stereocenters. The van der Waals surface area contributed by atoms with E-state index >= 15 is 0 Å². The average molecular weight is 763 g/mol. The molecule has 12 nitrogen and oxygen atoms in total. The first-order valence-electron chi connectivity index (χ1n) is 18.9. The zero-order valence-electron chi connectivity index (χ0n) is 30.4. The molecule has 7 rings (SSSR count). The highest BCUT2D eigenvalue weighted by Gasteiger charge is 2.62. The highest BCUT2D eigenvalue weighted by Crippen LogP contribution is 2.57. The van der Waals surface area contributed by atoms with E-state index in [4.69, 9.17) is 10.5 Å². The number of halogens is 1. The fourth-order valence-corrected chi connectivity index (χ4v) is 9.62. The third kappa shape index (κ3) is 7.54. The van der Waals surface area contributed by atoms with E-state index in [2.05, 4.69) is 4.72 Å². The fourth-order valence-electron chi connectivity index (χ4n) is 8.28. The number of nitrogens with two attached hydrogens (primary N) is 1. The minimum absolute atomic E-state index is 0.0100. The quantitative estimate of drug-likeness (QED) is 0.383. The first kappa shape index (κ1) is 37.7. The third-order valence-electron chi connectivity index (χ3n) is 12.1. The number of fused-ring (bicyclic) bond motifs is 3. The van der Waals surface area contributed by atoms with Crippen LogP contribution in [0.1, 0.15) is 98.2 Å². The molecule has 5 aliphatic rings. The third-order valence-corrected chi connectivity index (χ3v) is 14.3. The van der Waals surface area contributed by atoms with Crippen LogP contribution in [0.5, 0.6) is 0 Å². The second kappa shape index (κ2) is 14.6. The van der Waals surface area contributed by atoms with Gasteiger partial charge >= 0.3 is 6.09 Å². The number of allylic oxidation sites excluding steroid dienone is 2. The number of hydrogen-bond donors (Lipinski definition) is 2. The Bertz CT molecular complexity index is 2020. The number of carbonyl (C=O) groups is 5. The molecule has 0 spiro atoms. The van der Waals surface area contributed by atoms with Crippen LogP contribution in [0.3, 0.4) is 0 Å². The van der Waals surface area contributed by atoms with Crippen molar-refractivity contribution in [3.8, 4) is 0 Å². The standard InChI is InChI=1S/C40H47FN4O8S/c1-39(15-16-39)54(51,52)43-37(49)40-20-29(40)13-6-4-2-3-5-10-27(18-25-9-7-11-26(17-25)35(42)47)36(48)45-23-30(19-33(45)34(46)21-40)53-38(50)44-22-28-12-8-14-32(41)31(28)24-44/h6-9,11-14,17,27,29-30,33H,2-5,10,15-16,18-24H2,1H3,(H2,42,47)(H,43,49)/b13-6-/t27-,29-,30-,33+,40-/m1/s1. The molecular formula is C40H47FN4O8S. The SMILES string of the molecule is CC1(S(=O)(=O)NC(=O)[C@]23CC(=O)[C@@H]4C[C@@H](OC(=O)N5Cc6cccc(F)c6C5)CN4C(=O)[C@@H](Cc4cccc(C(N)=O)c4)CCCCC/C=C\[C@@H]2C3)CC1. The van der Waals surface area contributed by atoms with E-state index in [1.807, 2.05) is 18.2 Å². The summed E-state index contributed by atoms with van der Waals surface area (Å²) in [5.74, 6) is -3.37. The molecule has 0 radical (unpaired) electrons. The number of ether oxygens (including phenoxy) is 1. The van der Waals surface area contributed by atoms with Gasteiger partial charge in [0.25, 0.3) is 0 Å². The number of Topliss-reactive ketones (excluding diaryl/α,β-unsaturated/α-hetero) is 1. The van der Waals surface area contributed by atoms with Gasteiger partial charge in [0.2, 0.25) is 27.7 Å². The van der Waals surface area contributed by atoms with Crippen LogP contribution in [0.25, 0.3) is 0 Å². The number of amides is 4. The maximum Gasteiger partial charge on any atom is 0.410 e. The van der Waals surface area contributed by atoms with E-state index in [1.54, 1.807) is 37.3 Å². The number of nitrogens with one attached hydrogen (secondary N) is 1. The Morgan fingerprint density at radius 2 is 1.83 bits per heavy atom. The van der Waals surface area contributed by atoms with E-state index in [0.717, 1.165) is 31.2 Å². The molecule has 54 heavy (non-hydrogen) atoms.